The lowest BCUT2D eigenvalue weighted by molar-refractivity contribution is 0.304. The first-order valence-corrected chi connectivity index (χ1v) is 5.37. The van der Waals surface area contributed by atoms with Crippen LogP contribution < -0.4 is 4.90 Å². The van der Waals surface area contributed by atoms with Gasteiger partial charge in [0.25, 0.3) is 0 Å². The summed E-state index contributed by atoms with van der Waals surface area (Å²) in [4.78, 5) is 6.06. The average molecular weight is 310 g/mol. The van der Waals surface area contributed by atoms with Crippen molar-refractivity contribution in [2.45, 2.75) is 0 Å². The minimum atomic E-state index is 0.134. The Bertz CT molecular complexity index is 293. The SMILES string of the molecule is CN(CCO)c1cc(Br)cnc1Br. The summed E-state index contributed by atoms with van der Waals surface area (Å²) in [5.41, 5.74) is 0.962. The van der Waals surface area contributed by atoms with Crippen LogP contribution in [0.4, 0.5) is 5.69 Å². The zero-order valence-corrected chi connectivity index (χ0v) is 10.3. The second kappa shape index (κ2) is 4.93. The molecule has 5 heteroatoms. The van der Waals surface area contributed by atoms with Crippen molar-refractivity contribution < 1.29 is 5.11 Å². The van der Waals surface area contributed by atoms with Crippen LogP contribution in [0.5, 0.6) is 0 Å². The van der Waals surface area contributed by atoms with Crippen molar-refractivity contribution in [2.75, 3.05) is 25.1 Å². The summed E-state index contributed by atoms with van der Waals surface area (Å²) in [6, 6.07) is 1.95. The van der Waals surface area contributed by atoms with E-state index in [4.69, 9.17) is 5.11 Å². The number of aliphatic hydroxyl groups is 1. The van der Waals surface area contributed by atoms with Gasteiger partial charge in [0.15, 0.2) is 0 Å². The Hall–Kier alpha value is -0.130. The molecule has 1 heterocycles. The number of pyridine rings is 1. The van der Waals surface area contributed by atoms with Gasteiger partial charge in [-0.1, -0.05) is 0 Å². The molecule has 1 aromatic rings. The Balaban J connectivity index is 2.91. The summed E-state index contributed by atoms with van der Waals surface area (Å²) in [5, 5.41) is 8.77. The molecule has 0 radical (unpaired) electrons. The molecule has 0 aromatic carbocycles. The maximum Gasteiger partial charge on any atom is 0.129 e. The van der Waals surface area contributed by atoms with Crippen LogP contribution in [0.25, 0.3) is 0 Å². The molecule has 1 aromatic heterocycles. The number of likely N-dealkylation sites (N-methyl/N-ethyl adjacent to an activating group) is 1. The smallest absolute Gasteiger partial charge is 0.129 e. The topological polar surface area (TPSA) is 36.4 Å². The Morgan fingerprint density at radius 2 is 2.23 bits per heavy atom. The molecule has 0 saturated heterocycles. The zero-order chi connectivity index (χ0) is 9.84. The van der Waals surface area contributed by atoms with E-state index < -0.39 is 0 Å². The molecule has 13 heavy (non-hydrogen) atoms. The van der Waals surface area contributed by atoms with Crippen LogP contribution in [0, 0.1) is 0 Å². The van der Waals surface area contributed by atoms with Crippen molar-refractivity contribution in [3.05, 3.63) is 21.3 Å². The van der Waals surface area contributed by atoms with Gasteiger partial charge in [0.1, 0.15) is 4.60 Å². The lowest BCUT2D eigenvalue weighted by Crippen LogP contribution is -2.21. The third-order valence-corrected chi connectivity index (χ3v) is 2.68. The highest BCUT2D eigenvalue weighted by atomic mass is 79.9. The summed E-state index contributed by atoms with van der Waals surface area (Å²) in [6.07, 6.45) is 1.72. The van der Waals surface area contributed by atoms with Crippen LogP contribution in [0.2, 0.25) is 0 Å². The molecule has 0 bridgehead atoms. The summed E-state index contributed by atoms with van der Waals surface area (Å²) >= 11 is 6.69. The van der Waals surface area contributed by atoms with E-state index in [2.05, 4.69) is 36.8 Å². The van der Waals surface area contributed by atoms with Crippen LogP contribution in [-0.4, -0.2) is 30.3 Å². The molecule has 0 amide bonds. The van der Waals surface area contributed by atoms with Crippen molar-refractivity contribution >= 4 is 37.5 Å². The second-order valence-corrected chi connectivity index (χ2v) is 4.28. The second-order valence-electron chi connectivity index (χ2n) is 2.61. The van der Waals surface area contributed by atoms with Gasteiger partial charge in [-0.05, 0) is 37.9 Å². The predicted octanol–water partition coefficient (Wildman–Crippen LogP) is 2.04. The first-order chi connectivity index (χ1) is 6.15. The Labute approximate surface area is 94.0 Å². The molecule has 0 aliphatic carbocycles. The van der Waals surface area contributed by atoms with Crippen LogP contribution in [0.1, 0.15) is 0 Å². The van der Waals surface area contributed by atoms with Crippen molar-refractivity contribution in [1.82, 2.24) is 4.98 Å². The molecular formula is C8H10Br2N2O. The third kappa shape index (κ3) is 2.93. The number of aliphatic hydroxyl groups excluding tert-OH is 1. The van der Waals surface area contributed by atoms with Crippen molar-refractivity contribution in [2.24, 2.45) is 0 Å². The van der Waals surface area contributed by atoms with Crippen LogP contribution >= 0.6 is 31.9 Å². The van der Waals surface area contributed by atoms with Gasteiger partial charge in [-0.2, -0.15) is 0 Å². The largest absolute Gasteiger partial charge is 0.395 e. The summed E-state index contributed by atoms with van der Waals surface area (Å²) < 4.78 is 1.71. The van der Waals surface area contributed by atoms with E-state index in [-0.39, 0.29) is 6.61 Å². The van der Waals surface area contributed by atoms with E-state index in [1.54, 1.807) is 6.20 Å². The fourth-order valence-electron chi connectivity index (χ4n) is 0.950. The molecular weight excluding hydrogens is 300 g/mol. The Morgan fingerprint density at radius 3 is 2.85 bits per heavy atom. The van der Waals surface area contributed by atoms with Gasteiger partial charge < -0.3 is 10.0 Å². The lowest BCUT2D eigenvalue weighted by atomic mass is 10.4. The van der Waals surface area contributed by atoms with Crippen molar-refractivity contribution in [1.29, 1.82) is 0 Å². The Kier molecular flexibility index (Phi) is 4.15. The summed E-state index contributed by atoms with van der Waals surface area (Å²) in [5.74, 6) is 0. The normalized spacial score (nSPS) is 10.2. The van der Waals surface area contributed by atoms with Gasteiger partial charge >= 0.3 is 0 Å². The van der Waals surface area contributed by atoms with Crippen molar-refractivity contribution in [3.63, 3.8) is 0 Å². The first kappa shape index (κ1) is 10.9. The highest BCUT2D eigenvalue weighted by molar-refractivity contribution is 9.11. The molecule has 3 nitrogen and oxygen atoms in total. The number of aromatic nitrogens is 1. The van der Waals surface area contributed by atoms with E-state index in [0.717, 1.165) is 14.8 Å². The van der Waals surface area contributed by atoms with Gasteiger partial charge in [-0.15, -0.1) is 0 Å². The molecule has 0 fully saturated rings. The molecule has 0 aliphatic heterocycles. The molecule has 0 saturated carbocycles. The molecule has 1 rings (SSSR count). The molecule has 0 aliphatic rings. The average Bonchev–Trinajstić information content (AvgIpc) is 2.09. The molecule has 72 valence electrons. The van der Waals surface area contributed by atoms with E-state index in [1.165, 1.54) is 0 Å². The number of anilines is 1. The van der Waals surface area contributed by atoms with E-state index >= 15 is 0 Å². The highest BCUT2D eigenvalue weighted by Gasteiger charge is 2.06. The fraction of sp³-hybridized carbons (Fsp3) is 0.375. The van der Waals surface area contributed by atoms with Gasteiger partial charge in [-0.3, -0.25) is 0 Å². The fourth-order valence-corrected chi connectivity index (χ4v) is 1.79. The molecule has 0 atom stereocenters. The molecule has 1 N–H and O–H groups in total. The van der Waals surface area contributed by atoms with E-state index in [0.29, 0.717) is 6.54 Å². The monoisotopic (exact) mass is 308 g/mol. The minimum absolute atomic E-state index is 0.134. The molecule has 0 spiro atoms. The predicted molar refractivity (Wildman–Crippen MR) is 60.0 cm³/mol. The maximum atomic E-state index is 8.77. The van der Waals surface area contributed by atoms with Crippen LogP contribution in [0.3, 0.4) is 0 Å². The van der Waals surface area contributed by atoms with Crippen LogP contribution in [-0.2, 0) is 0 Å². The van der Waals surface area contributed by atoms with E-state index in [1.807, 2.05) is 18.0 Å². The number of hydrogen-bond acceptors (Lipinski definition) is 3. The lowest BCUT2D eigenvalue weighted by Gasteiger charge is -2.18. The zero-order valence-electron chi connectivity index (χ0n) is 7.17. The first-order valence-electron chi connectivity index (χ1n) is 3.78. The number of hydrogen-bond donors (Lipinski definition) is 1. The van der Waals surface area contributed by atoms with Gasteiger partial charge in [0, 0.05) is 24.3 Å². The standard InChI is InChI=1S/C8H10Br2N2O/c1-12(2-3-13)7-4-6(9)5-11-8(7)10/h4-5,13H,2-3H2,1H3. The van der Waals surface area contributed by atoms with Crippen molar-refractivity contribution in [3.8, 4) is 0 Å². The Morgan fingerprint density at radius 1 is 1.54 bits per heavy atom. The number of nitrogens with zero attached hydrogens (tertiary/aromatic N) is 2. The van der Waals surface area contributed by atoms with Gasteiger partial charge in [-0.25, -0.2) is 4.98 Å². The summed E-state index contributed by atoms with van der Waals surface area (Å²) in [7, 11) is 1.91. The van der Waals surface area contributed by atoms with Gasteiger partial charge in [0.05, 0.1) is 12.3 Å². The highest BCUT2D eigenvalue weighted by Crippen LogP contribution is 2.25. The maximum absolute atomic E-state index is 8.77. The third-order valence-electron chi connectivity index (χ3n) is 1.63. The minimum Gasteiger partial charge on any atom is -0.395 e. The number of rotatable bonds is 3. The van der Waals surface area contributed by atoms with Gasteiger partial charge in [0.2, 0.25) is 0 Å². The molecule has 0 unspecified atom stereocenters. The quantitative estimate of drug-likeness (QED) is 0.868. The van der Waals surface area contributed by atoms with Crippen LogP contribution in [0.15, 0.2) is 21.3 Å². The van der Waals surface area contributed by atoms with E-state index in [9.17, 15) is 0 Å². The summed E-state index contributed by atoms with van der Waals surface area (Å²) in [6.45, 7) is 0.728. The number of halogens is 2.